The van der Waals surface area contributed by atoms with Crippen LogP contribution in [0.1, 0.15) is 27.2 Å². The lowest BCUT2D eigenvalue weighted by Gasteiger charge is -2.27. The topological polar surface area (TPSA) is 55.8 Å². The minimum atomic E-state index is -4.42. The molecule has 21 heavy (non-hydrogen) atoms. The summed E-state index contributed by atoms with van der Waals surface area (Å²) in [6.45, 7) is 4.70. The number of hydrogen-bond acceptors (Lipinski definition) is 5. The number of alkyl halides is 3. The Morgan fingerprint density at radius 3 is 2.24 bits per heavy atom. The summed E-state index contributed by atoms with van der Waals surface area (Å²) in [6, 6.07) is -1.05. The molecule has 1 aliphatic rings. The van der Waals surface area contributed by atoms with Gasteiger partial charge in [-0.3, -0.25) is 4.90 Å². The van der Waals surface area contributed by atoms with Crippen LogP contribution in [0, 0.1) is 0 Å². The van der Waals surface area contributed by atoms with Gasteiger partial charge >= 0.3 is 17.6 Å². The lowest BCUT2D eigenvalue weighted by Crippen LogP contribution is -2.43. The molecular formula is C12H18F3NO4S. The van der Waals surface area contributed by atoms with E-state index in [0.717, 1.165) is 12.0 Å². The number of carbonyl (C=O) groups is 2. The summed E-state index contributed by atoms with van der Waals surface area (Å²) in [5.74, 6) is -0.744. The first-order valence-electron chi connectivity index (χ1n) is 6.25. The number of rotatable bonds is 2. The molecule has 0 aromatic heterocycles. The van der Waals surface area contributed by atoms with E-state index in [2.05, 4.69) is 4.74 Å². The van der Waals surface area contributed by atoms with E-state index in [1.165, 1.54) is 0 Å². The van der Waals surface area contributed by atoms with Gasteiger partial charge in [-0.15, -0.1) is 0 Å². The van der Waals surface area contributed by atoms with Gasteiger partial charge in [0.05, 0.1) is 7.11 Å². The van der Waals surface area contributed by atoms with Crippen molar-refractivity contribution in [2.45, 2.75) is 49.6 Å². The monoisotopic (exact) mass is 329 g/mol. The Morgan fingerprint density at radius 1 is 1.24 bits per heavy atom. The molecule has 0 aromatic rings. The van der Waals surface area contributed by atoms with Crippen LogP contribution in [0.25, 0.3) is 0 Å². The molecule has 2 atom stereocenters. The van der Waals surface area contributed by atoms with Gasteiger partial charge in [-0.2, -0.15) is 13.2 Å². The predicted molar refractivity (Wildman–Crippen MR) is 70.8 cm³/mol. The lowest BCUT2D eigenvalue weighted by molar-refractivity contribution is -0.145. The molecule has 1 rings (SSSR count). The first kappa shape index (κ1) is 17.9. The number of amides is 1. The minimum absolute atomic E-state index is 0.115. The van der Waals surface area contributed by atoms with Gasteiger partial charge in [0.1, 0.15) is 11.6 Å². The van der Waals surface area contributed by atoms with Crippen LogP contribution in [0.15, 0.2) is 0 Å². The molecule has 0 saturated carbocycles. The van der Waals surface area contributed by atoms with Crippen molar-refractivity contribution in [1.29, 1.82) is 0 Å². The standard InChI is InChI=1S/C12H18F3NO4S/c1-11(2,3)20-10(18)16-6-7(21-12(13,14)15)5-8(16)9(17)19-4/h7-8H,5-6H2,1-4H3/t7-,8-/m0/s1. The lowest BCUT2D eigenvalue weighted by atomic mass is 10.2. The van der Waals surface area contributed by atoms with E-state index in [1.54, 1.807) is 20.8 Å². The molecule has 1 aliphatic heterocycles. The fourth-order valence-corrected chi connectivity index (χ4v) is 2.85. The highest BCUT2D eigenvalue weighted by Gasteiger charge is 2.46. The van der Waals surface area contributed by atoms with Gasteiger partial charge in [0.2, 0.25) is 0 Å². The maximum Gasteiger partial charge on any atom is 0.442 e. The number of halogens is 3. The number of methoxy groups -OCH3 is 1. The Hall–Kier alpha value is -1.12. The Bertz CT molecular complexity index is 408. The predicted octanol–water partition coefficient (Wildman–Crippen LogP) is 2.79. The van der Waals surface area contributed by atoms with Crippen molar-refractivity contribution in [1.82, 2.24) is 4.90 Å². The minimum Gasteiger partial charge on any atom is -0.467 e. The Kier molecular flexibility index (Phi) is 5.40. The number of esters is 1. The summed E-state index contributed by atoms with van der Waals surface area (Å²) < 4.78 is 46.9. The Labute approximate surface area is 125 Å². The summed E-state index contributed by atoms with van der Waals surface area (Å²) in [5, 5.41) is -0.915. The van der Waals surface area contributed by atoms with Crippen molar-refractivity contribution in [2.75, 3.05) is 13.7 Å². The molecule has 0 radical (unpaired) electrons. The van der Waals surface area contributed by atoms with Gasteiger partial charge < -0.3 is 9.47 Å². The second kappa shape index (κ2) is 6.33. The van der Waals surface area contributed by atoms with Crippen LogP contribution in [0.3, 0.4) is 0 Å². The molecular weight excluding hydrogens is 311 g/mol. The molecule has 1 amide bonds. The van der Waals surface area contributed by atoms with Crippen LogP contribution >= 0.6 is 11.8 Å². The number of hydrogen-bond donors (Lipinski definition) is 0. The molecule has 0 N–H and O–H groups in total. The summed E-state index contributed by atoms with van der Waals surface area (Å²) in [5.41, 5.74) is -5.22. The zero-order valence-corrected chi connectivity index (χ0v) is 13.0. The van der Waals surface area contributed by atoms with Crippen LogP contribution < -0.4 is 0 Å². The van der Waals surface area contributed by atoms with Gasteiger partial charge in [0.15, 0.2) is 0 Å². The molecule has 0 aliphatic carbocycles. The van der Waals surface area contributed by atoms with E-state index in [1.807, 2.05) is 0 Å². The molecule has 0 bridgehead atoms. The molecule has 0 spiro atoms. The van der Waals surface area contributed by atoms with E-state index in [-0.39, 0.29) is 24.7 Å². The average molecular weight is 329 g/mol. The summed E-state index contributed by atoms with van der Waals surface area (Å²) in [7, 11) is 1.12. The molecule has 0 unspecified atom stereocenters. The van der Waals surface area contributed by atoms with Crippen LogP contribution in [-0.4, -0.2) is 53.0 Å². The summed E-state index contributed by atoms with van der Waals surface area (Å²) >= 11 is -0.222. The van der Waals surface area contributed by atoms with E-state index >= 15 is 0 Å². The van der Waals surface area contributed by atoms with Crippen LogP contribution in [0.4, 0.5) is 18.0 Å². The van der Waals surface area contributed by atoms with Crippen LogP contribution in [0.5, 0.6) is 0 Å². The van der Waals surface area contributed by atoms with Crippen LogP contribution in [-0.2, 0) is 14.3 Å². The number of thioether (sulfide) groups is 1. The maximum absolute atomic E-state index is 12.4. The van der Waals surface area contributed by atoms with Crippen molar-refractivity contribution in [2.24, 2.45) is 0 Å². The van der Waals surface area contributed by atoms with E-state index < -0.39 is 34.5 Å². The van der Waals surface area contributed by atoms with Crippen molar-refractivity contribution < 1.29 is 32.2 Å². The van der Waals surface area contributed by atoms with Crippen molar-refractivity contribution >= 4 is 23.8 Å². The highest BCUT2D eigenvalue weighted by Crippen LogP contribution is 2.39. The molecule has 0 aromatic carbocycles. The second-order valence-electron chi connectivity index (χ2n) is 5.59. The fraction of sp³-hybridized carbons (Fsp3) is 0.833. The normalized spacial score (nSPS) is 23.1. The highest BCUT2D eigenvalue weighted by atomic mass is 32.2. The number of likely N-dealkylation sites (tertiary alicyclic amines) is 1. The molecule has 9 heteroatoms. The molecule has 1 fully saturated rings. The first-order chi connectivity index (χ1) is 9.43. The fourth-order valence-electron chi connectivity index (χ4n) is 1.95. The third kappa shape index (κ3) is 5.64. The molecule has 1 heterocycles. The van der Waals surface area contributed by atoms with Gasteiger partial charge in [-0.05, 0) is 39.0 Å². The quantitative estimate of drug-likeness (QED) is 0.729. The molecule has 122 valence electrons. The first-order valence-corrected chi connectivity index (χ1v) is 7.13. The number of carbonyl (C=O) groups excluding carboxylic acids is 2. The van der Waals surface area contributed by atoms with Crippen LogP contribution in [0.2, 0.25) is 0 Å². The van der Waals surface area contributed by atoms with E-state index in [9.17, 15) is 22.8 Å². The van der Waals surface area contributed by atoms with Crippen molar-refractivity contribution in [3.63, 3.8) is 0 Å². The van der Waals surface area contributed by atoms with E-state index in [0.29, 0.717) is 0 Å². The summed E-state index contributed by atoms with van der Waals surface area (Å²) in [4.78, 5) is 24.7. The smallest absolute Gasteiger partial charge is 0.442 e. The Balaban J connectivity index is 2.83. The highest BCUT2D eigenvalue weighted by molar-refractivity contribution is 8.00. The third-order valence-corrected chi connectivity index (χ3v) is 3.61. The van der Waals surface area contributed by atoms with Gasteiger partial charge in [0.25, 0.3) is 0 Å². The zero-order valence-electron chi connectivity index (χ0n) is 12.2. The van der Waals surface area contributed by atoms with E-state index in [4.69, 9.17) is 4.74 Å². The van der Waals surface area contributed by atoms with Crippen molar-refractivity contribution in [3.8, 4) is 0 Å². The maximum atomic E-state index is 12.4. The number of ether oxygens (including phenoxy) is 2. The average Bonchev–Trinajstić information content (AvgIpc) is 2.67. The third-order valence-electron chi connectivity index (χ3n) is 2.66. The largest absolute Gasteiger partial charge is 0.467 e. The zero-order chi connectivity index (χ0) is 16.4. The summed E-state index contributed by atoms with van der Waals surface area (Å²) in [6.07, 6.45) is -0.931. The van der Waals surface area contributed by atoms with Gasteiger partial charge in [-0.1, -0.05) is 0 Å². The SMILES string of the molecule is COC(=O)[C@@H]1C[C@H](SC(F)(F)F)CN1C(=O)OC(C)(C)C. The number of nitrogens with zero attached hydrogens (tertiary/aromatic N) is 1. The van der Waals surface area contributed by atoms with Crippen molar-refractivity contribution in [3.05, 3.63) is 0 Å². The Morgan fingerprint density at radius 2 is 1.81 bits per heavy atom. The van der Waals surface area contributed by atoms with Gasteiger partial charge in [-0.25, -0.2) is 9.59 Å². The molecule has 1 saturated heterocycles. The van der Waals surface area contributed by atoms with Gasteiger partial charge in [0, 0.05) is 11.8 Å². The molecule has 5 nitrogen and oxygen atoms in total. The second-order valence-corrected chi connectivity index (χ2v) is 6.96.